The number of aromatic nitrogens is 1. The van der Waals surface area contributed by atoms with Crippen molar-refractivity contribution in [1.29, 1.82) is 0 Å². The number of hydrogen-bond donors (Lipinski definition) is 0. The minimum Gasteiger partial charge on any atom is -0.496 e. The van der Waals surface area contributed by atoms with E-state index in [2.05, 4.69) is 26.0 Å². The highest BCUT2D eigenvalue weighted by Crippen LogP contribution is 2.40. The molecule has 1 aromatic heterocycles. The summed E-state index contributed by atoms with van der Waals surface area (Å²) >= 11 is 1.32. The molecule has 1 aliphatic rings. The van der Waals surface area contributed by atoms with Crippen LogP contribution in [0.2, 0.25) is 0 Å². The van der Waals surface area contributed by atoms with Crippen molar-refractivity contribution in [3.63, 3.8) is 0 Å². The van der Waals surface area contributed by atoms with Crippen LogP contribution in [0.15, 0.2) is 81.7 Å². The molecule has 0 bridgehead atoms. The molecule has 0 aliphatic carbocycles. The number of thiazole rings is 1. The molecule has 3 aromatic carbocycles. The van der Waals surface area contributed by atoms with E-state index in [0.717, 1.165) is 21.9 Å². The molecular weight excluding hydrogens is 496 g/mol. The van der Waals surface area contributed by atoms with Crippen LogP contribution in [0, 0.1) is 0 Å². The van der Waals surface area contributed by atoms with Gasteiger partial charge in [0.25, 0.3) is 5.56 Å². The number of hydrogen-bond acceptors (Lipinski definition) is 6. The van der Waals surface area contributed by atoms with Gasteiger partial charge in [0.15, 0.2) is 4.80 Å². The molecule has 0 N–H and O–H groups in total. The van der Waals surface area contributed by atoms with Crippen LogP contribution in [-0.2, 0) is 9.53 Å². The smallest absolute Gasteiger partial charge is 0.338 e. The molecule has 6 nitrogen and oxygen atoms in total. The first kappa shape index (κ1) is 25.7. The number of esters is 1. The van der Waals surface area contributed by atoms with Gasteiger partial charge in [-0.2, -0.15) is 0 Å². The highest BCUT2D eigenvalue weighted by molar-refractivity contribution is 7.07. The third-order valence-corrected chi connectivity index (χ3v) is 7.82. The standard InChI is InChI=1S/C31H30N2O4S/c1-6-37-30(35)26-19(4)32-31-33(28(26)27-23-10-8-7-9-22(23)15-16-24(27)36-5)29(34)25(38-31)17-20-11-13-21(14-12-20)18(2)3/h7-18,28H,6H2,1-5H3/b25-17-/t28-/m1/s1. The monoisotopic (exact) mass is 526 g/mol. The summed E-state index contributed by atoms with van der Waals surface area (Å²) in [5, 5.41) is 1.88. The van der Waals surface area contributed by atoms with Gasteiger partial charge in [0.05, 0.1) is 29.5 Å². The van der Waals surface area contributed by atoms with Crippen molar-refractivity contribution in [3.8, 4) is 5.75 Å². The maximum absolute atomic E-state index is 14.0. The Morgan fingerprint density at radius 2 is 1.84 bits per heavy atom. The van der Waals surface area contributed by atoms with Crippen LogP contribution in [0.4, 0.5) is 0 Å². The Labute approximate surface area is 225 Å². The second-order valence-electron chi connectivity index (χ2n) is 9.53. The number of allylic oxidation sites excluding steroid dienone is 1. The Kier molecular flexibility index (Phi) is 7.04. The van der Waals surface area contributed by atoms with Crippen molar-refractivity contribution < 1.29 is 14.3 Å². The quantitative estimate of drug-likeness (QED) is 0.329. The first-order valence-electron chi connectivity index (χ1n) is 12.7. The number of rotatable bonds is 6. The number of nitrogens with zero attached hydrogens (tertiary/aromatic N) is 2. The summed E-state index contributed by atoms with van der Waals surface area (Å²) in [6.07, 6.45) is 1.88. The molecule has 0 saturated carbocycles. The predicted molar refractivity (Wildman–Crippen MR) is 151 cm³/mol. The van der Waals surface area contributed by atoms with Crippen molar-refractivity contribution in [1.82, 2.24) is 4.57 Å². The van der Waals surface area contributed by atoms with Gasteiger partial charge in [-0.3, -0.25) is 9.36 Å². The van der Waals surface area contributed by atoms with Gasteiger partial charge in [-0.05, 0) is 53.8 Å². The third kappa shape index (κ3) is 4.47. The fraction of sp³-hybridized carbons (Fsp3) is 0.258. The zero-order chi connectivity index (χ0) is 27.0. The molecule has 0 unspecified atom stereocenters. The molecule has 0 spiro atoms. The number of benzene rings is 3. The van der Waals surface area contributed by atoms with E-state index in [4.69, 9.17) is 14.5 Å². The Morgan fingerprint density at radius 3 is 2.53 bits per heavy atom. The number of carbonyl (C=O) groups excluding carboxylic acids is 1. The second-order valence-corrected chi connectivity index (χ2v) is 10.5. The van der Waals surface area contributed by atoms with Crippen LogP contribution in [0.25, 0.3) is 16.8 Å². The third-order valence-electron chi connectivity index (χ3n) is 6.84. The number of fused-ring (bicyclic) bond motifs is 2. The average Bonchev–Trinajstić information content (AvgIpc) is 3.21. The molecule has 0 radical (unpaired) electrons. The number of methoxy groups -OCH3 is 1. The van der Waals surface area contributed by atoms with Gasteiger partial charge in [-0.15, -0.1) is 0 Å². The van der Waals surface area contributed by atoms with E-state index in [1.807, 2.05) is 54.6 Å². The van der Waals surface area contributed by atoms with E-state index in [9.17, 15) is 9.59 Å². The average molecular weight is 527 g/mol. The van der Waals surface area contributed by atoms with Gasteiger partial charge in [0.2, 0.25) is 0 Å². The largest absolute Gasteiger partial charge is 0.496 e. The van der Waals surface area contributed by atoms with Crippen molar-refractivity contribution >= 4 is 34.2 Å². The number of ether oxygens (including phenoxy) is 2. The van der Waals surface area contributed by atoms with Crippen molar-refractivity contribution in [2.45, 2.75) is 39.7 Å². The van der Waals surface area contributed by atoms with Gasteiger partial charge in [-0.25, -0.2) is 9.79 Å². The normalized spacial score (nSPS) is 15.5. The van der Waals surface area contributed by atoms with Crippen molar-refractivity contribution in [2.24, 2.45) is 4.99 Å². The second kappa shape index (κ2) is 10.4. The zero-order valence-electron chi connectivity index (χ0n) is 22.1. The maximum Gasteiger partial charge on any atom is 0.338 e. The van der Waals surface area contributed by atoms with Crippen LogP contribution < -0.4 is 19.6 Å². The molecule has 0 fully saturated rings. The van der Waals surface area contributed by atoms with E-state index in [-0.39, 0.29) is 12.2 Å². The molecule has 0 saturated heterocycles. The lowest BCUT2D eigenvalue weighted by molar-refractivity contribution is -0.139. The Hall–Kier alpha value is -3.97. The summed E-state index contributed by atoms with van der Waals surface area (Å²) < 4.78 is 13.4. The fourth-order valence-electron chi connectivity index (χ4n) is 4.93. The highest BCUT2D eigenvalue weighted by atomic mass is 32.1. The lowest BCUT2D eigenvalue weighted by Gasteiger charge is -2.27. The van der Waals surface area contributed by atoms with Gasteiger partial charge < -0.3 is 9.47 Å². The molecule has 5 rings (SSSR count). The van der Waals surface area contributed by atoms with Crippen molar-refractivity contribution in [3.05, 3.63) is 108 Å². The predicted octanol–water partition coefficient (Wildman–Crippen LogP) is 5.08. The Morgan fingerprint density at radius 1 is 1.11 bits per heavy atom. The van der Waals surface area contributed by atoms with Crippen LogP contribution >= 0.6 is 11.3 Å². The lowest BCUT2D eigenvalue weighted by Crippen LogP contribution is -2.40. The molecule has 0 amide bonds. The first-order valence-corrected chi connectivity index (χ1v) is 13.5. The molecule has 194 valence electrons. The lowest BCUT2D eigenvalue weighted by atomic mass is 9.90. The zero-order valence-corrected chi connectivity index (χ0v) is 23.0. The van der Waals surface area contributed by atoms with Crippen LogP contribution in [0.5, 0.6) is 5.75 Å². The molecule has 1 aliphatic heterocycles. The summed E-state index contributed by atoms with van der Waals surface area (Å²) in [6, 6.07) is 19.2. The molecule has 38 heavy (non-hydrogen) atoms. The van der Waals surface area contributed by atoms with E-state index in [1.165, 1.54) is 16.9 Å². The Bertz CT molecular complexity index is 1740. The van der Waals surface area contributed by atoms with Crippen LogP contribution in [0.1, 0.15) is 56.3 Å². The molecule has 7 heteroatoms. The highest BCUT2D eigenvalue weighted by Gasteiger charge is 2.36. The van der Waals surface area contributed by atoms with E-state index in [1.54, 1.807) is 25.5 Å². The summed E-state index contributed by atoms with van der Waals surface area (Å²) in [5.74, 6) is 0.519. The summed E-state index contributed by atoms with van der Waals surface area (Å²) in [7, 11) is 1.60. The molecular formula is C31H30N2O4S. The van der Waals surface area contributed by atoms with Gasteiger partial charge >= 0.3 is 5.97 Å². The molecule has 4 aromatic rings. The van der Waals surface area contributed by atoms with Crippen LogP contribution in [0.3, 0.4) is 0 Å². The number of carbonyl (C=O) groups is 1. The minimum absolute atomic E-state index is 0.212. The van der Waals surface area contributed by atoms with Crippen LogP contribution in [-0.4, -0.2) is 24.3 Å². The minimum atomic E-state index is -0.753. The van der Waals surface area contributed by atoms with Gasteiger partial charge in [0, 0.05) is 5.56 Å². The first-order chi connectivity index (χ1) is 18.3. The van der Waals surface area contributed by atoms with Gasteiger partial charge in [-0.1, -0.05) is 79.8 Å². The van der Waals surface area contributed by atoms with Gasteiger partial charge in [0.1, 0.15) is 11.8 Å². The summed E-state index contributed by atoms with van der Waals surface area (Å²) in [4.78, 5) is 32.6. The molecule has 1 atom stereocenters. The van der Waals surface area contributed by atoms with E-state index in [0.29, 0.717) is 32.3 Å². The topological polar surface area (TPSA) is 69.9 Å². The summed E-state index contributed by atoms with van der Waals surface area (Å²) in [5.41, 5.74) is 3.55. The Balaban J connectivity index is 1.80. The maximum atomic E-state index is 14.0. The summed E-state index contributed by atoms with van der Waals surface area (Å²) in [6.45, 7) is 8.07. The van der Waals surface area contributed by atoms with Crippen molar-refractivity contribution in [2.75, 3.05) is 13.7 Å². The SMILES string of the molecule is CCOC(=O)C1=C(C)N=c2s/c(=C\c3ccc(C(C)C)cc3)c(=O)n2[C@H]1c1c(OC)ccc2ccccc12. The van der Waals surface area contributed by atoms with E-state index < -0.39 is 12.0 Å². The molecule has 2 heterocycles. The fourth-order valence-corrected chi connectivity index (χ4v) is 5.98. The van der Waals surface area contributed by atoms with E-state index >= 15 is 0 Å².